The second-order valence-corrected chi connectivity index (χ2v) is 7.24. The Morgan fingerprint density at radius 3 is 1.82 bits per heavy atom. The maximum Gasteiger partial charge on any atom is -0.0105 e. The summed E-state index contributed by atoms with van der Waals surface area (Å²) in [6, 6.07) is 38.6. The molecule has 5 rings (SSSR count). The van der Waals surface area contributed by atoms with Crippen molar-refractivity contribution >= 4 is 21.5 Å². The highest BCUT2D eigenvalue weighted by molar-refractivity contribution is 5.96. The molecule has 0 unspecified atom stereocenters. The second kappa shape index (κ2) is 8.10. The highest BCUT2D eigenvalue weighted by atomic mass is 14.1. The maximum absolute atomic E-state index is 2.20. The van der Waals surface area contributed by atoms with Crippen LogP contribution in [0.5, 0.6) is 0 Å². The average Bonchev–Trinajstić information content (AvgIpc) is 2.74. The molecule has 0 heterocycles. The van der Waals surface area contributed by atoms with Crippen LogP contribution >= 0.6 is 0 Å². The molecule has 0 spiro atoms. The van der Waals surface area contributed by atoms with Gasteiger partial charge in [-0.15, -0.1) is 0 Å². The monoisotopic (exact) mass is 360 g/mol. The summed E-state index contributed by atoms with van der Waals surface area (Å²) in [4.78, 5) is 0. The smallest absolute Gasteiger partial charge is 0.0105 e. The predicted octanol–water partition coefficient (Wildman–Crippen LogP) is 7.96. The molecule has 0 nitrogen and oxygen atoms in total. The van der Waals surface area contributed by atoms with Crippen molar-refractivity contribution in [3.05, 3.63) is 120 Å². The van der Waals surface area contributed by atoms with Crippen molar-refractivity contribution in [1.29, 1.82) is 0 Å². The Bertz CT molecular complexity index is 1210. The van der Waals surface area contributed by atoms with Gasteiger partial charge in [0.05, 0.1) is 0 Å². The highest BCUT2D eigenvalue weighted by Gasteiger charge is 2.02. The summed E-state index contributed by atoms with van der Waals surface area (Å²) in [6.07, 6.45) is 0. The van der Waals surface area contributed by atoms with Crippen LogP contribution in [0, 0.1) is 13.8 Å². The zero-order valence-electron chi connectivity index (χ0n) is 16.4. The summed E-state index contributed by atoms with van der Waals surface area (Å²) < 4.78 is 0. The summed E-state index contributed by atoms with van der Waals surface area (Å²) in [5.41, 5.74) is 5.22. The molecule has 136 valence electrons. The number of fused-ring (bicyclic) bond motifs is 2. The first kappa shape index (κ1) is 18.0. The lowest BCUT2D eigenvalue weighted by Gasteiger charge is -2.07. The van der Waals surface area contributed by atoms with Crippen LogP contribution in [-0.2, 0) is 0 Å². The zero-order chi connectivity index (χ0) is 19.3. The molecule has 0 radical (unpaired) electrons. The van der Waals surface area contributed by atoms with Gasteiger partial charge in [-0.2, -0.15) is 0 Å². The van der Waals surface area contributed by atoms with E-state index in [2.05, 4.69) is 123 Å². The molecule has 0 saturated heterocycles. The highest BCUT2D eigenvalue weighted by Crippen LogP contribution is 2.28. The number of benzene rings is 5. The van der Waals surface area contributed by atoms with Crippen LogP contribution in [0.25, 0.3) is 32.7 Å². The third-order valence-corrected chi connectivity index (χ3v) is 5.06. The van der Waals surface area contributed by atoms with E-state index < -0.39 is 0 Å². The Kier molecular flexibility index (Phi) is 5.21. The molecular formula is C28H24. The van der Waals surface area contributed by atoms with Crippen LogP contribution < -0.4 is 0 Å². The van der Waals surface area contributed by atoms with Crippen molar-refractivity contribution in [3.63, 3.8) is 0 Å². The molecule has 0 aliphatic rings. The minimum atomic E-state index is 1.28. The van der Waals surface area contributed by atoms with Crippen molar-refractivity contribution in [1.82, 2.24) is 0 Å². The Morgan fingerprint density at radius 1 is 0.429 bits per heavy atom. The summed E-state index contributed by atoms with van der Waals surface area (Å²) in [7, 11) is 0. The minimum absolute atomic E-state index is 1.28. The quantitative estimate of drug-likeness (QED) is 0.284. The lowest BCUT2D eigenvalue weighted by Crippen LogP contribution is -1.81. The van der Waals surface area contributed by atoms with Crippen LogP contribution in [0.3, 0.4) is 0 Å². The molecule has 0 saturated carbocycles. The summed E-state index contributed by atoms with van der Waals surface area (Å²) in [6.45, 7) is 4.24. The molecule has 0 amide bonds. The average molecular weight is 361 g/mol. The van der Waals surface area contributed by atoms with E-state index in [-0.39, 0.29) is 0 Å². The van der Waals surface area contributed by atoms with Gasteiger partial charge < -0.3 is 0 Å². The fourth-order valence-corrected chi connectivity index (χ4v) is 3.52. The van der Waals surface area contributed by atoms with E-state index in [0.717, 1.165) is 0 Å². The largest absolute Gasteiger partial charge is 0.0616 e. The lowest BCUT2D eigenvalue weighted by atomic mass is 9.98. The molecule has 0 bridgehead atoms. The van der Waals surface area contributed by atoms with Gasteiger partial charge in [-0.25, -0.2) is 0 Å². The van der Waals surface area contributed by atoms with Gasteiger partial charge in [-0.05, 0) is 46.5 Å². The van der Waals surface area contributed by atoms with Gasteiger partial charge in [0.15, 0.2) is 0 Å². The first-order chi connectivity index (χ1) is 13.7. The van der Waals surface area contributed by atoms with Gasteiger partial charge in [-0.3, -0.25) is 0 Å². The number of hydrogen-bond acceptors (Lipinski definition) is 0. The van der Waals surface area contributed by atoms with E-state index in [1.54, 1.807) is 0 Å². The minimum Gasteiger partial charge on any atom is -0.0616 e. The van der Waals surface area contributed by atoms with Gasteiger partial charge in [0.2, 0.25) is 0 Å². The van der Waals surface area contributed by atoms with Gasteiger partial charge in [0.1, 0.15) is 0 Å². The van der Waals surface area contributed by atoms with Crippen molar-refractivity contribution in [3.8, 4) is 11.1 Å². The normalized spacial score (nSPS) is 10.5. The summed E-state index contributed by atoms with van der Waals surface area (Å²) in [5, 5.41) is 5.26. The molecule has 5 aromatic carbocycles. The Labute approximate surface area is 167 Å². The van der Waals surface area contributed by atoms with Crippen LogP contribution in [0.4, 0.5) is 0 Å². The van der Waals surface area contributed by atoms with Gasteiger partial charge in [0.25, 0.3) is 0 Å². The van der Waals surface area contributed by atoms with Crippen LogP contribution in [-0.4, -0.2) is 0 Å². The zero-order valence-corrected chi connectivity index (χ0v) is 16.4. The fourth-order valence-electron chi connectivity index (χ4n) is 3.52. The van der Waals surface area contributed by atoms with Crippen LogP contribution in [0.2, 0.25) is 0 Å². The third-order valence-electron chi connectivity index (χ3n) is 5.06. The molecule has 5 aromatic rings. The van der Waals surface area contributed by atoms with Gasteiger partial charge >= 0.3 is 0 Å². The standard InChI is InChI=1S/C17H14.C11H10/c1-13-9-11-15(12-10-13)17-8-4-6-14-5-2-3-7-16(14)17;1-9-6-7-10-4-2-3-5-11(10)8-9/h2-12H,1H3;2-8H,1H3. The Morgan fingerprint density at radius 2 is 1.04 bits per heavy atom. The van der Waals surface area contributed by atoms with Gasteiger partial charge in [0, 0.05) is 0 Å². The maximum atomic E-state index is 2.20. The topological polar surface area (TPSA) is 0 Å². The lowest BCUT2D eigenvalue weighted by molar-refractivity contribution is 1.47. The van der Waals surface area contributed by atoms with Crippen LogP contribution in [0.15, 0.2) is 109 Å². The molecule has 0 fully saturated rings. The number of aryl methyl sites for hydroxylation is 2. The van der Waals surface area contributed by atoms with Crippen molar-refractivity contribution in [2.24, 2.45) is 0 Å². The number of hydrogen-bond donors (Lipinski definition) is 0. The van der Waals surface area contributed by atoms with E-state index in [4.69, 9.17) is 0 Å². The molecule has 0 aliphatic carbocycles. The van der Waals surface area contributed by atoms with E-state index in [0.29, 0.717) is 0 Å². The van der Waals surface area contributed by atoms with E-state index in [1.807, 2.05) is 0 Å². The van der Waals surface area contributed by atoms with Crippen molar-refractivity contribution in [2.75, 3.05) is 0 Å². The fraction of sp³-hybridized carbons (Fsp3) is 0.0714. The number of rotatable bonds is 1. The molecule has 28 heavy (non-hydrogen) atoms. The molecule has 0 N–H and O–H groups in total. The first-order valence-corrected chi connectivity index (χ1v) is 9.71. The second-order valence-electron chi connectivity index (χ2n) is 7.24. The molecule has 0 aliphatic heterocycles. The first-order valence-electron chi connectivity index (χ1n) is 9.71. The molecule has 0 heteroatoms. The van der Waals surface area contributed by atoms with Crippen molar-refractivity contribution in [2.45, 2.75) is 13.8 Å². The van der Waals surface area contributed by atoms with E-state index in [9.17, 15) is 0 Å². The summed E-state index contributed by atoms with van der Waals surface area (Å²) in [5.74, 6) is 0. The third kappa shape index (κ3) is 3.97. The van der Waals surface area contributed by atoms with Gasteiger partial charge in [-0.1, -0.05) is 120 Å². The Hall–Kier alpha value is -3.38. The Balaban J connectivity index is 0.000000151. The van der Waals surface area contributed by atoms with E-state index in [1.165, 1.54) is 43.8 Å². The molecular weight excluding hydrogens is 336 g/mol. The van der Waals surface area contributed by atoms with Crippen LogP contribution in [0.1, 0.15) is 11.1 Å². The molecule has 0 atom stereocenters. The van der Waals surface area contributed by atoms with Crippen molar-refractivity contribution < 1.29 is 0 Å². The molecule has 0 aromatic heterocycles. The predicted molar refractivity (Wildman–Crippen MR) is 123 cm³/mol. The van der Waals surface area contributed by atoms with E-state index >= 15 is 0 Å². The SMILES string of the molecule is Cc1ccc(-c2cccc3ccccc23)cc1.Cc1ccc2ccccc2c1. The summed E-state index contributed by atoms with van der Waals surface area (Å²) >= 11 is 0.